The van der Waals surface area contributed by atoms with Crippen LogP contribution in [-0.2, 0) is 34.2 Å². The number of carbonyl (C=O) groups is 3. The number of fused-ring (bicyclic) bond motifs is 1. The smallest absolute Gasteiger partial charge is 0.273 e. The number of carbonyl (C=O) groups excluding carboxylic acids is 3. The molecule has 0 aromatic carbocycles. The van der Waals surface area contributed by atoms with Crippen LogP contribution in [0.3, 0.4) is 0 Å². The first-order valence-electron chi connectivity index (χ1n) is 10.1. The fourth-order valence-electron chi connectivity index (χ4n) is 3.45. The molecule has 3 N–H and O–H groups in total. The van der Waals surface area contributed by atoms with E-state index < -0.39 is 60.5 Å². The number of hydrogen-bond acceptors (Lipinski definition) is 10. The van der Waals surface area contributed by atoms with Gasteiger partial charge in [-0.25, -0.2) is 21.6 Å². The molecular formula is C19H28N2O8S3. The molecular weight excluding hydrogens is 480 g/mol. The summed E-state index contributed by atoms with van der Waals surface area (Å²) < 4.78 is 52.4. The first-order chi connectivity index (χ1) is 14.6. The van der Waals surface area contributed by atoms with Crippen LogP contribution in [0.15, 0.2) is 14.5 Å². The summed E-state index contributed by atoms with van der Waals surface area (Å²) in [6, 6.07) is 0.885. The number of nitrogens with one attached hydrogen (secondary N) is 2. The Labute approximate surface area is 191 Å². The molecule has 1 aromatic rings. The van der Waals surface area contributed by atoms with Gasteiger partial charge in [0, 0.05) is 11.6 Å². The fourth-order valence-corrected chi connectivity index (χ4v) is 8.50. The molecule has 13 heteroatoms. The number of ketones is 2. The molecule has 0 fully saturated rings. The molecule has 1 amide bonds. The largest absolute Gasteiger partial charge is 0.386 e. The molecule has 0 saturated carbocycles. The van der Waals surface area contributed by atoms with Gasteiger partial charge in [-0.05, 0) is 46.7 Å². The molecule has 32 heavy (non-hydrogen) atoms. The van der Waals surface area contributed by atoms with Crippen LogP contribution in [-0.4, -0.2) is 57.3 Å². The van der Waals surface area contributed by atoms with E-state index >= 15 is 0 Å². The van der Waals surface area contributed by atoms with Gasteiger partial charge in [0.25, 0.3) is 10.0 Å². The standard InChI is InChI=1S/C19H28N2O8S3/c1-6-20-14-7-9(2)31(26,27)19-13(14)8-15(30-19)32(28,29)21-18(25)11(4)16(23)10(3)17(24)12(5)22/h8-12,14,20,22H,6-7H2,1-5H3,(H,21,25)/t9-,10-,11+,12-,14-/m0/s1. The second kappa shape index (κ2) is 9.67. The fraction of sp³-hybridized carbons (Fsp3) is 0.632. The van der Waals surface area contributed by atoms with Crippen molar-refractivity contribution in [1.82, 2.24) is 10.0 Å². The number of rotatable bonds is 9. The molecule has 0 aliphatic carbocycles. The van der Waals surface area contributed by atoms with Crippen molar-refractivity contribution in [2.24, 2.45) is 11.8 Å². The van der Waals surface area contributed by atoms with Gasteiger partial charge < -0.3 is 10.4 Å². The van der Waals surface area contributed by atoms with Crippen LogP contribution in [0.2, 0.25) is 0 Å². The third kappa shape index (κ3) is 5.11. The lowest BCUT2D eigenvalue weighted by Crippen LogP contribution is -2.41. The predicted octanol–water partition coefficient (Wildman–Crippen LogP) is 0.561. The topological polar surface area (TPSA) is 164 Å². The summed E-state index contributed by atoms with van der Waals surface area (Å²) in [6.07, 6.45) is -1.12. The van der Waals surface area contributed by atoms with Crippen molar-refractivity contribution < 1.29 is 36.3 Å². The average molecular weight is 509 g/mol. The highest BCUT2D eigenvalue weighted by molar-refractivity contribution is 7.95. The molecule has 2 rings (SSSR count). The van der Waals surface area contributed by atoms with Gasteiger partial charge in [0.2, 0.25) is 5.91 Å². The van der Waals surface area contributed by atoms with Gasteiger partial charge in [0.15, 0.2) is 21.4 Å². The number of thiophene rings is 1. The van der Waals surface area contributed by atoms with Crippen LogP contribution >= 0.6 is 11.3 Å². The normalized spacial score (nSPS) is 22.9. The maximum atomic E-state index is 12.8. The third-order valence-electron chi connectivity index (χ3n) is 5.47. The van der Waals surface area contributed by atoms with Crippen molar-refractivity contribution in [3.8, 4) is 0 Å². The minimum atomic E-state index is -4.46. The molecule has 2 heterocycles. The van der Waals surface area contributed by atoms with Crippen molar-refractivity contribution in [1.29, 1.82) is 0 Å². The van der Waals surface area contributed by atoms with Gasteiger partial charge in [0.1, 0.15) is 14.5 Å². The minimum Gasteiger partial charge on any atom is -0.386 e. The quantitative estimate of drug-likeness (QED) is 0.404. The van der Waals surface area contributed by atoms with Crippen molar-refractivity contribution in [3.05, 3.63) is 11.6 Å². The third-order valence-corrected chi connectivity index (χ3v) is 11.2. The monoisotopic (exact) mass is 508 g/mol. The van der Waals surface area contributed by atoms with Crippen LogP contribution in [0.5, 0.6) is 0 Å². The van der Waals surface area contributed by atoms with E-state index in [1.165, 1.54) is 19.9 Å². The van der Waals surface area contributed by atoms with E-state index in [0.29, 0.717) is 23.4 Å². The van der Waals surface area contributed by atoms with Gasteiger partial charge in [-0.1, -0.05) is 6.92 Å². The molecule has 5 atom stereocenters. The molecule has 180 valence electrons. The average Bonchev–Trinajstić information content (AvgIpc) is 3.17. The molecule has 0 spiro atoms. The van der Waals surface area contributed by atoms with Crippen molar-refractivity contribution in [2.45, 2.75) is 66.9 Å². The SMILES string of the molecule is CCN[C@H]1C[C@H](C)S(=O)(=O)c2sc(S(=O)(=O)NC(=O)[C@H](C)C(=O)[C@H](C)C(=O)[C@H](C)O)cc21. The Hall–Kier alpha value is -1.67. The number of sulfonamides is 1. The van der Waals surface area contributed by atoms with E-state index in [2.05, 4.69) is 5.32 Å². The predicted molar refractivity (Wildman–Crippen MR) is 117 cm³/mol. The number of aliphatic hydroxyl groups is 1. The Morgan fingerprint density at radius 3 is 2.31 bits per heavy atom. The lowest BCUT2D eigenvalue weighted by atomic mass is 9.90. The second-order valence-electron chi connectivity index (χ2n) is 7.90. The van der Waals surface area contributed by atoms with E-state index in [1.807, 2.05) is 6.92 Å². The molecule has 1 aliphatic rings. The Morgan fingerprint density at radius 1 is 1.19 bits per heavy atom. The van der Waals surface area contributed by atoms with Crippen LogP contribution < -0.4 is 10.0 Å². The summed E-state index contributed by atoms with van der Waals surface area (Å²) in [5, 5.41) is 11.8. The van der Waals surface area contributed by atoms with Crippen molar-refractivity contribution >= 4 is 48.7 Å². The summed E-state index contributed by atoms with van der Waals surface area (Å²) in [6.45, 7) is 7.53. The van der Waals surface area contributed by atoms with Gasteiger partial charge in [-0.15, -0.1) is 11.3 Å². The van der Waals surface area contributed by atoms with Gasteiger partial charge in [-0.2, -0.15) is 0 Å². The summed E-state index contributed by atoms with van der Waals surface area (Å²) >= 11 is 0.557. The summed E-state index contributed by atoms with van der Waals surface area (Å²) in [4.78, 5) is 36.6. The van der Waals surface area contributed by atoms with E-state index in [9.17, 15) is 36.3 Å². The first kappa shape index (κ1) is 26.6. The van der Waals surface area contributed by atoms with Crippen molar-refractivity contribution in [2.75, 3.05) is 6.54 Å². The molecule has 0 bridgehead atoms. The van der Waals surface area contributed by atoms with Crippen LogP contribution in [0.1, 0.15) is 52.6 Å². The van der Waals surface area contributed by atoms with E-state index in [4.69, 9.17) is 0 Å². The maximum absolute atomic E-state index is 12.8. The number of amides is 1. The molecule has 0 unspecified atom stereocenters. The Balaban J connectivity index is 2.32. The first-order valence-corrected chi connectivity index (χ1v) is 13.9. The minimum absolute atomic E-state index is 0.0599. The zero-order chi connectivity index (χ0) is 24.6. The summed E-state index contributed by atoms with van der Waals surface area (Å²) in [7, 11) is -8.17. The zero-order valence-corrected chi connectivity index (χ0v) is 20.9. The van der Waals surface area contributed by atoms with Gasteiger partial charge >= 0.3 is 0 Å². The highest BCUT2D eigenvalue weighted by atomic mass is 32.3. The lowest BCUT2D eigenvalue weighted by Gasteiger charge is -2.27. The lowest BCUT2D eigenvalue weighted by molar-refractivity contribution is -0.140. The Kier molecular flexibility index (Phi) is 8.04. The van der Waals surface area contributed by atoms with Crippen LogP contribution in [0.4, 0.5) is 0 Å². The summed E-state index contributed by atoms with van der Waals surface area (Å²) in [5.41, 5.74) is 0.336. The molecule has 1 aromatic heterocycles. The highest BCUT2D eigenvalue weighted by Crippen LogP contribution is 2.42. The van der Waals surface area contributed by atoms with E-state index in [0.717, 1.165) is 6.92 Å². The number of aliphatic hydroxyl groups excluding tert-OH is 1. The van der Waals surface area contributed by atoms with Gasteiger partial charge in [-0.3, -0.25) is 14.4 Å². The van der Waals surface area contributed by atoms with Crippen molar-refractivity contribution in [3.63, 3.8) is 0 Å². The van der Waals surface area contributed by atoms with Crippen LogP contribution in [0.25, 0.3) is 0 Å². The second-order valence-corrected chi connectivity index (χ2v) is 13.4. The van der Waals surface area contributed by atoms with Gasteiger partial charge in [0.05, 0.1) is 17.1 Å². The Morgan fingerprint density at radius 2 is 1.78 bits per heavy atom. The van der Waals surface area contributed by atoms with E-state index in [1.54, 1.807) is 11.6 Å². The Bertz CT molecular complexity index is 1120. The molecule has 0 radical (unpaired) electrons. The number of sulfone groups is 1. The molecule has 0 saturated heterocycles. The zero-order valence-electron chi connectivity index (χ0n) is 18.4. The molecule has 10 nitrogen and oxygen atoms in total. The summed E-state index contributed by atoms with van der Waals surface area (Å²) in [5.74, 6) is -5.53. The maximum Gasteiger partial charge on any atom is 0.273 e. The molecule has 1 aliphatic heterocycles. The number of hydrogen-bond donors (Lipinski definition) is 3. The highest BCUT2D eigenvalue weighted by Gasteiger charge is 2.40. The van der Waals surface area contributed by atoms with Crippen LogP contribution in [0, 0.1) is 11.8 Å². The van der Waals surface area contributed by atoms with E-state index in [-0.39, 0.29) is 20.9 Å². The number of Topliss-reactive ketones (excluding diaryl/α,β-unsaturated/α-hetero) is 2.